The van der Waals surface area contributed by atoms with E-state index in [9.17, 15) is 9.59 Å². The van der Waals surface area contributed by atoms with Gasteiger partial charge in [0.25, 0.3) is 5.91 Å². The molecule has 2 aliphatic heterocycles. The Morgan fingerprint density at radius 2 is 2.12 bits per heavy atom. The average Bonchev–Trinajstić information content (AvgIpc) is 3.10. The molecule has 1 saturated carbocycles. The highest BCUT2D eigenvalue weighted by molar-refractivity contribution is 6.01. The average molecular weight is 328 g/mol. The molecule has 1 aromatic carbocycles. The van der Waals surface area contributed by atoms with Crippen LogP contribution in [-0.2, 0) is 4.79 Å². The van der Waals surface area contributed by atoms with Crippen LogP contribution in [0.5, 0.6) is 0 Å². The van der Waals surface area contributed by atoms with Crippen molar-refractivity contribution in [3.05, 3.63) is 23.8 Å². The minimum atomic E-state index is -0.00752. The number of hydrogen-bond acceptors (Lipinski definition) is 4. The molecule has 2 amide bonds. The molecule has 3 atom stereocenters. The molecule has 0 aromatic heterocycles. The zero-order chi connectivity index (χ0) is 16.8. The van der Waals surface area contributed by atoms with Crippen LogP contribution in [0.3, 0.4) is 0 Å². The van der Waals surface area contributed by atoms with E-state index in [1.807, 2.05) is 35.0 Å². The van der Waals surface area contributed by atoms with Crippen molar-refractivity contribution in [2.75, 3.05) is 36.9 Å². The quantitative estimate of drug-likeness (QED) is 0.814. The number of benzene rings is 1. The highest BCUT2D eigenvalue weighted by Gasteiger charge is 2.42. The van der Waals surface area contributed by atoms with E-state index in [1.54, 1.807) is 0 Å². The van der Waals surface area contributed by atoms with E-state index in [4.69, 9.17) is 5.73 Å². The monoisotopic (exact) mass is 328 g/mol. The van der Waals surface area contributed by atoms with Gasteiger partial charge in [-0.3, -0.25) is 9.59 Å². The van der Waals surface area contributed by atoms with Crippen LogP contribution >= 0.6 is 0 Å². The van der Waals surface area contributed by atoms with Gasteiger partial charge in [-0.05, 0) is 42.9 Å². The van der Waals surface area contributed by atoms with Gasteiger partial charge in [0, 0.05) is 44.7 Å². The number of amides is 2. The number of likely N-dealkylation sites (tertiary alicyclic amines) is 1. The predicted octanol–water partition coefficient (Wildman–Crippen LogP) is 1.27. The molecular weight excluding hydrogens is 304 g/mol. The molecule has 0 bridgehead atoms. The summed E-state index contributed by atoms with van der Waals surface area (Å²) in [5.41, 5.74) is 8.49. The molecule has 6 nitrogen and oxygen atoms in total. The van der Waals surface area contributed by atoms with Gasteiger partial charge in [-0.2, -0.15) is 0 Å². The van der Waals surface area contributed by atoms with Crippen molar-refractivity contribution in [1.82, 2.24) is 4.90 Å². The van der Waals surface area contributed by atoms with Crippen LogP contribution in [0.15, 0.2) is 18.2 Å². The minimum absolute atomic E-state index is 0.00752. The van der Waals surface area contributed by atoms with E-state index in [0.717, 1.165) is 37.3 Å². The summed E-state index contributed by atoms with van der Waals surface area (Å²) in [5.74, 6) is 1.03. The zero-order valence-corrected chi connectivity index (χ0v) is 14.0. The summed E-state index contributed by atoms with van der Waals surface area (Å²) in [4.78, 5) is 28.7. The van der Waals surface area contributed by atoms with Crippen molar-refractivity contribution in [2.45, 2.75) is 25.3 Å². The van der Waals surface area contributed by atoms with Crippen molar-refractivity contribution < 1.29 is 9.59 Å². The molecule has 0 spiro atoms. The Balaban J connectivity index is 1.57. The van der Waals surface area contributed by atoms with Crippen LogP contribution in [0, 0.1) is 11.8 Å². The van der Waals surface area contributed by atoms with Crippen LogP contribution in [0.4, 0.5) is 11.4 Å². The summed E-state index contributed by atoms with van der Waals surface area (Å²) in [6.45, 7) is 2.24. The van der Waals surface area contributed by atoms with Crippen LogP contribution < -0.4 is 16.0 Å². The van der Waals surface area contributed by atoms with Crippen LogP contribution in [-0.4, -0.2) is 49.4 Å². The smallest absolute Gasteiger partial charge is 0.253 e. The number of rotatable bonds is 1. The maximum absolute atomic E-state index is 12.9. The third-order valence-corrected chi connectivity index (χ3v) is 5.80. The first-order chi connectivity index (χ1) is 11.5. The largest absolute Gasteiger partial charge is 0.372 e. The van der Waals surface area contributed by atoms with Gasteiger partial charge >= 0.3 is 0 Å². The van der Waals surface area contributed by atoms with Crippen molar-refractivity contribution in [3.63, 3.8) is 0 Å². The fourth-order valence-corrected chi connectivity index (χ4v) is 4.36. The van der Waals surface area contributed by atoms with Crippen LogP contribution in [0.1, 0.15) is 29.6 Å². The lowest BCUT2D eigenvalue weighted by molar-refractivity contribution is -0.115. The summed E-state index contributed by atoms with van der Waals surface area (Å²) < 4.78 is 0. The third-order valence-electron chi connectivity index (χ3n) is 5.80. The SMILES string of the molecule is CN1CCC(=O)Nc2cc(C(=O)N3CC4CCC(N)C4C3)ccc21. The van der Waals surface area contributed by atoms with Crippen molar-refractivity contribution in [3.8, 4) is 0 Å². The molecule has 3 unspecified atom stereocenters. The fraction of sp³-hybridized carbons (Fsp3) is 0.556. The molecule has 4 rings (SSSR count). The molecule has 1 aliphatic carbocycles. The normalized spacial score (nSPS) is 29.1. The van der Waals surface area contributed by atoms with Crippen LogP contribution in [0.2, 0.25) is 0 Å². The highest BCUT2D eigenvalue weighted by Crippen LogP contribution is 2.38. The molecule has 3 aliphatic rings. The molecule has 1 aromatic rings. The first-order valence-corrected chi connectivity index (χ1v) is 8.73. The summed E-state index contributed by atoms with van der Waals surface area (Å²) in [6.07, 6.45) is 2.66. The topological polar surface area (TPSA) is 78.7 Å². The summed E-state index contributed by atoms with van der Waals surface area (Å²) in [6, 6.07) is 5.83. The number of nitrogens with one attached hydrogen (secondary N) is 1. The molecule has 2 heterocycles. The number of carbonyl (C=O) groups excluding carboxylic acids is 2. The molecule has 24 heavy (non-hydrogen) atoms. The number of hydrogen-bond donors (Lipinski definition) is 2. The lowest BCUT2D eigenvalue weighted by atomic mass is 9.98. The molecule has 0 radical (unpaired) electrons. The number of nitrogens with zero attached hydrogens (tertiary/aromatic N) is 2. The zero-order valence-electron chi connectivity index (χ0n) is 14.0. The van der Waals surface area contributed by atoms with Gasteiger partial charge < -0.3 is 20.9 Å². The fourth-order valence-electron chi connectivity index (χ4n) is 4.36. The van der Waals surface area contributed by atoms with Gasteiger partial charge in [0.05, 0.1) is 11.4 Å². The Morgan fingerprint density at radius 1 is 1.29 bits per heavy atom. The van der Waals surface area contributed by atoms with Gasteiger partial charge in [0.15, 0.2) is 0 Å². The second kappa shape index (κ2) is 5.77. The van der Waals surface area contributed by atoms with Gasteiger partial charge in [-0.15, -0.1) is 0 Å². The van der Waals surface area contributed by atoms with Gasteiger partial charge in [0.1, 0.15) is 0 Å². The highest BCUT2D eigenvalue weighted by atomic mass is 16.2. The van der Waals surface area contributed by atoms with E-state index >= 15 is 0 Å². The van der Waals surface area contributed by atoms with Crippen LogP contribution in [0.25, 0.3) is 0 Å². The Hall–Kier alpha value is -2.08. The lowest BCUT2D eigenvalue weighted by Crippen LogP contribution is -2.33. The number of nitrogens with two attached hydrogens (primary N) is 1. The second-order valence-corrected chi connectivity index (χ2v) is 7.33. The van der Waals surface area contributed by atoms with E-state index in [1.165, 1.54) is 0 Å². The number of anilines is 2. The molecule has 1 saturated heterocycles. The lowest BCUT2D eigenvalue weighted by Gasteiger charge is -2.21. The summed E-state index contributed by atoms with van der Waals surface area (Å²) >= 11 is 0. The Kier molecular flexibility index (Phi) is 3.72. The Labute approximate surface area is 142 Å². The van der Waals surface area contributed by atoms with E-state index in [-0.39, 0.29) is 17.9 Å². The maximum atomic E-state index is 12.9. The third kappa shape index (κ3) is 2.55. The van der Waals surface area contributed by atoms with Crippen molar-refractivity contribution >= 4 is 23.2 Å². The maximum Gasteiger partial charge on any atom is 0.253 e. The first kappa shape index (κ1) is 15.4. The molecule has 3 N–H and O–H groups in total. The number of fused-ring (bicyclic) bond motifs is 2. The minimum Gasteiger partial charge on any atom is -0.372 e. The molecule has 6 heteroatoms. The van der Waals surface area contributed by atoms with E-state index < -0.39 is 0 Å². The summed E-state index contributed by atoms with van der Waals surface area (Å²) in [5, 5.41) is 2.91. The summed E-state index contributed by atoms with van der Waals surface area (Å²) in [7, 11) is 1.96. The second-order valence-electron chi connectivity index (χ2n) is 7.33. The predicted molar refractivity (Wildman–Crippen MR) is 93.1 cm³/mol. The Bertz CT molecular complexity index is 690. The van der Waals surface area contributed by atoms with E-state index in [2.05, 4.69) is 5.32 Å². The van der Waals surface area contributed by atoms with Gasteiger partial charge in [-0.25, -0.2) is 0 Å². The first-order valence-electron chi connectivity index (χ1n) is 8.73. The molecule has 2 fully saturated rings. The molecular formula is C18H24N4O2. The standard InChI is InChI=1S/C18H24N4O2/c1-21-7-6-17(23)20-15-8-11(3-5-16(15)21)18(24)22-9-12-2-4-14(19)13(12)10-22/h3,5,8,12-14H,2,4,6-7,9-10,19H2,1H3,(H,20,23). The number of carbonyl (C=O) groups is 2. The van der Waals surface area contributed by atoms with Gasteiger partial charge in [-0.1, -0.05) is 0 Å². The van der Waals surface area contributed by atoms with Crippen molar-refractivity contribution in [1.29, 1.82) is 0 Å². The van der Waals surface area contributed by atoms with E-state index in [0.29, 0.717) is 30.4 Å². The Morgan fingerprint density at radius 3 is 2.92 bits per heavy atom. The van der Waals surface area contributed by atoms with Gasteiger partial charge in [0.2, 0.25) is 5.91 Å². The van der Waals surface area contributed by atoms with Crippen molar-refractivity contribution in [2.24, 2.45) is 17.6 Å². The molecule has 128 valence electrons.